The van der Waals surface area contributed by atoms with Gasteiger partial charge in [-0.2, -0.15) is 0 Å². The maximum atomic E-state index is 12.6. The van der Waals surface area contributed by atoms with Gasteiger partial charge in [0, 0.05) is 6.54 Å². The molecule has 2 rings (SSSR count). The lowest BCUT2D eigenvalue weighted by Gasteiger charge is -2.30. The summed E-state index contributed by atoms with van der Waals surface area (Å²) in [6.45, 7) is 6.61. The van der Waals surface area contributed by atoms with Crippen molar-refractivity contribution in [1.29, 1.82) is 0 Å². The lowest BCUT2D eigenvalue weighted by atomic mass is 9.81. The minimum absolute atomic E-state index is 0. The smallest absolute Gasteiger partial charge is 0.227 e. The molecule has 0 heterocycles. The molecule has 0 aromatic heterocycles. The van der Waals surface area contributed by atoms with Crippen LogP contribution in [0.25, 0.3) is 0 Å². The van der Waals surface area contributed by atoms with Gasteiger partial charge in [-0.15, -0.1) is 12.4 Å². The number of aryl methyl sites for hydroxylation is 2. The predicted octanol–water partition coefficient (Wildman–Crippen LogP) is 3.29. The van der Waals surface area contributed by atoms with Crippen LogP contribution in [0.4, 0.5) is 0 Å². The van der Waals surface area contributed by atoms with E-state index in [2.05, 4.69) is 30.4 Å². The van der Waals surface area contributed by atoms with Crippen molar-refractivity contribution in [3.8, 4) is 0 Å². The van der Waals surface area contributed by atoms with Gasteiger partial charge in [-0.05, 0) is 43.7 Å². The molecule has 1 atom stereocenters. The van der Waals surface area contributed by atoms with Crippen LogP contribution < -0.4 is 11.1 Å². The number of rotatable bonds is 5. The highest BCUT2D eigenvalue weighted by molar-refractivity contribution is 5.85. The predicted molar refractivity (Wildman–Crippen MR) is 89.7 cm³/mol. The molecule has 4 heteroatoms. The molecule has 0 radical (unpaired) electrons. The first-order chi connectivity index (χ1) is 9.56. The molecule has 0 fully saturated rings. The number of halogens is 1. The quantitative estimate of drug-likeness (QED) is 0.877. The fraction of sp³-hybridized carbons (Fsp3) is 0.588. The van der Waals surface area contributed by atoms with Crippen LogP contribution in [0, 0.1) is 12.3 Å². The van der Waals surface area contributed by atoms with Crippen LogP contribution in [0.1, 0.15) is 55.8 Å². The van der Waals surface area contributed by atoms with Gasteiger partial charge in [-0.1, -0.05) is 37.6 Å². The van der Waals surface area contributed by atoms with E-state index < -0.39 is 5.41 Å². The second kappa shape index (κ2) is 7.28. The van der Waals surface area contributed by atoms with E-state index in [0.717, 1.165) is 25.7 Å². The number of carbonyl (C=O) groups excluding carboxylic acids is 1. The topological polar surface area (TPSA) is 55.1 Å². The van der Waals surface area contributed by atoms with Gasteiger partial charge in [-0.3, -0.25) is 4.79 Å². The van der Waals surface area contributed by atoms with Crippen LogP contribution in [0.2, 0.25) is 0 Å². The molecule has 0 aliphatic heterocycles. The highest BCUT2D eigenvalue weighted by atomic mass is 35.5. The lowest BCUT2D eigenvalue weighted by molar-refractivity contribution is -0.131. The number of benzene rings is 1. The Morgan fingerprint density at radius 3 is 2.62 bits per heavy atom. The van der Waals surface area contributed by atoms with E-state index in [1.165, 1.54) is 16.7 Å². The van der Waals surface area contributed by atoms with Gasteiger partial charge in [0.25, 0.3) is 0 Å². The molecule has 1 unspecified atom stereocenters. The van der Waals surface area contributed by atoms with Gasteiger partial charge in [0.05, 0.1) is 11.5 Å². The first-order valence-electron chi connectivity index (χ1n) is 7.66. The third kappa shape index (κ3) is 3.41. The average molecular weight is 311 g/mol. The standard InChI is InChI=1S/C17H26N2O.ClH/c1-4-17(5-2,11-18)16(20)19-15-9-7-13-10-12(3)6-8-14(13)15;/h6,8,10,15H,4-5,7,9,11,18H2,1-3H3,(H,19,20);1H. The minimum atomic E-state index is -0.409. The zero-order chi connectivity index (χ0) is 14.8. The number of amides is 1. The van der Waals surface area contributed by atoms with Crippen LogP contribution >= 0.6 is 12.4 Å². The van der Waals surface area contributed by atoms with Crippen molar-refractivity contribution in [2.24, 2.45) is 11.1 Å². The molecule has 3 N–H and O–H groups in total. The van der Waals surface area contributed by atoms with Crippen molar-refractivity contribution >= 4 is 18.3 Å². The molecule has 1 aromatic carbocycles. The number of carbonyl (C=O) groups is 1. The molecule has 1 aromatic rings. The highest BCUT2D eigenvalue weighted by Crippen LogP contribution is 2.33. The zero-order valence-electron chi connectivity index (χ0n) is 13.2. The third-order valence-electron chi connectivity index (χ3n) is 4.91. The van der Waals surface area contributed by atoms with Crippen LogP contribution in [-0.2, 0) is 11.2 Å². The molecular formula is C17H27ClN2O. The summed E-state index contributed by atoms with van der Waals surface area (Å²) < 4.78 is 0. The summed E-state index contributed by atoms with van der Waals surface area (Å²) in [6.07, 6.45) is 3.63. The molecule has 118 valence electrons. The summed E-state index contributed by atoms with van der Waals surface area (Å²) in [5.74, 6) is 0.114. The van der Waals surface area contributed by atoms with Gasteiger partial charge >= 0.3 is 0 Å². The Kier molecular flexibility index (Phi) is 6.24. The molecule has 1 aliphatic carbocycles. The van der Waals surface area contributed by atoms with Crippen LogP contribution in [-0.4, -0.2) is 12.5 Å². The molecule has 0 spiro atoms. The van der Waals surface area contributed by atoms with E-state index in [4.69, 9.17) is 5.73 Å². The molecule has 0 saturated carbocycles. The molecule has 3 nitrogen and oxygen atoms in total. The fourth-order valence-electron chi connectivity index (χ4n) is 3.16. The van der Waals surface area contributed by atoms with Crippen molar-refractivity contribution in [1.82, 2.24) is 5.32 Å². The Bertz CT molecular complexity index is 489. The lowest BCUT2D eigenvalue weighted by Crippen LogP contribution is -2.46. The Morgan fingerprint density at radius 2 is 2.05 bits per heavy atom. The van der Waals surface area contributed by atoms with Crippen LogP contribution in [0.5, 0.6) is 0 Å². The number of hydrogen-bond acceptors (Lipinski definition) is 2. The third-order valence-corrected chi connectivity index (χ3v) is 4.91. The normalized spacial score (nSPS) is 17.0. The monoisotopic (exact) mass is 310 g/mol. The Balaban J connectivity index is 0.00000220. The van der Waals surface area contributed by atoms with E-state index in [0.29, 0.717) is 6.54 Å². The number of hydrogen-bond donors (Lipinski definition) is 2. The molecule has 1 amide bonds. The molecule has 21 heavy (non-hydrogen) atoms. The second-order valence-corrected chi connectivity index (χ2v) is 5.96. The summed E-state index contributed by atoms with van der Waals surface area (Å²) in [4.78, 5) is 12.6. The summed E-state index contributed by atoms with van der Waals surface area (Å²) in [5.41, 5.74) is 9.39. The maximum absolute atomic E-state index is 12.6. The summed E-state index contributed by atoms with van der Waals surface area (Å²) in [6, 6.07) is 6.67. The first kappa shape index (κ1) is 18.0. The second-order valence-electron chi connectivity index (χ2n) is 5.96. The Labute approximate surface area is 134 Å². The molecular weight excluding hydrogens is 284 g/mol. The molecule has 0 bridgehead atoms. The van der Waals surface area contributed by atoms with E-state index in [-0.39, 0.29) is 24.4 Å². The first-order valence-corrected chi connectivity index (χ1v) is 7.66. The Hall–Kier alpha value is -1.06. The SMILES string of the molecule is CCC(CC)(CN)C(=O)NC1CCc2cc(C)ccc21.Cl. The van der Waals surface area contributed by atoms with Gasteiger partial charge in [0.2, 0.25) is 5.91 Å². The maximum Gasteiger partial charge on any atom is 0.227 e. The molecule has 0 saturated heterocycles. The van der Waals surface area contributed by atoms with Crippen molar-refractivity contribution in [3.63, 3.8) is 0 Å². The van der Waals surface area contributed by atoms with E-state index >= 15 is 0 Å². The minimum Gasteiger partial charge on any atom is -0.349 e. The van der Waals surface area contributed by atoms with Crippen LogP contribution in [0.15, 0.2) is 18.2 Å². The van der Waals surface area contributed by atoms with Gasteiger partial charge < -0.3 is 11.1 Å². The van der Waals surface area contributed by atoms with Gasteiger partial charge in [0.15, 0.2) is 0 Å². The Morgan fingerprint density at radius 1 is 1.38 bits per heavy atom. The average Bonchev–Trinajstić information content (AvgIpc) is 2.83. The largest absolute Gasteiger partial charge is 0.349 e. The van der Waals surface area contributed by atoms with Crippen molar-refractivity contribution in [2.45, 2.75) is 52.5 Å². The highest BCUT2D eigenvalue weighted by Gasteiger charge is 2.35. The summed E-state index contributed by atoms with van der Waals surface area (Å²) >= 11 is 0. The zero-order valence-corrected chi connectivity index (χ0v) is 14.1. The summed E-state index contributed by atoms with van der Waals surface area (Å²) in [7, 11) is 0. The van der Waals surface area contributed by atoms with E-state index in [9.17, 15) is 4.79 Å². The number of nitrogens with two attached hydrogens (primary N) is 1. The number of fused-ring (bicyclic) bond motifs is 1. The van der Waals surface area contributed by atoms with E-state index in [1.807, 2.05) is 13.8 Å². The van der Waals surface area contributed by atoms with Gasteiger partial charge in [0.1, 0.15) is 0 Å². The van der Waals surface area contributed by atoms with Gasteiger partial charge in [-0.25, -0.2) is 0 Å². The number of nitrogens with one attached hydrogen (secondary N) is 1. The molecule has 1 aliphatic rings. The van der Waals surface area contributed by atoms with Crippen LogP contribution in [0.3, 0.4) is 0 Å². The summed E-state index contributed by atoms with van der Waals surface area (Å²) in [5, 5.41) is 3.23. The van der Waals surface area contributed by atoms with Crippen molar-refractivity contribution in [2.75, 3.05) is 6.54 Å². The van der Waals surface area contributed by atoms with Crippen molar-refractivity contribution in [3.05, 3.63) is 34.9 Å². The van der Waals surface area contributed by atoms with Crippen molar-refractivity contribution < 1.29 is 4.79 Å². The fourth-order valence-corrected chi connectivity index (χ4v) is 3.16. The van der Waals surface area contributed by atoms with E-state index in [1.54, 1.807) is 0 Å².